The molecule has 47 heavy (non-hydrogen) atoms. The maximum Gasteiger partial charge on any atom is 0.410 e. The summed E-state index contributed by atoms with van der Waals surface area (Å²) in [5, 5.41) is 3.66. The molecule has 2 amide bonds. The van der Waals surface area contributed by atoms with Gasteiger partial charge in [0.15, 0.2) is 5.60 Å². The normalized spacial score (nSPS) is 16.8. The number of aromatic nitrogens is 3. The lowest BCUT2D eigenvalue weighted by Crippen LogP contribution is -2.49. The van der Waals surface area contributed by atoms with Gasteiger partial charge in [0.05, 0.1) is 42.0 Å². The average molecular weight is 661 g/mol. The Kier molecular flexibility index (Phi) is 9.76. The number of esters is 1. The molecule has 12 heteroatoms. The van der Waals surface area contributed by atoms with E-state index in [1.54, 1.807) is 37.5 Å². The molecule has 1 aliphatic heterocycles. The molecule has 5 rings (SSSR count). The standard InChI is InChI=1S/C35H41ClN6O5/c1-21(2)46-34(45)42-15-13-41(14-16-42)22(3)30-26-11-10-25(36)18-27(26)28(17-24-9-8-12-38-31(24)30)32(29-19-37-20-40(29)7)39-33(44)35(5,6)47-23(4)43/h8-12,17-21,30,32H,3,13-16H2,1-2,4-7H3,(H,39,44)/t30-,32+/m0/s1. The number of nitrogens with one attached hydrogen (secondary N) is 1. The minimum absolute atomic E-state index is 0.193. The highest BCUT2D eigenvalue weighted by atomic mass is 35.5. The van der Waals surface area contributed by atoms with Crippen molar-refractivity contribution in [3.05, 3.63) is 94.4 Å². The minimum Gasteiger partial charge on any atom is -0.450 e. The first-order valence-corrected chi connectivity index (χ1v) is 16.0. The third kappa shape index (κ3) is 7.20. The molecule has 0 saturated carbocycles. The Bertz CT molecular complexity index is 1720. The Hall–Kier alpha value is -4.64. The van der Waals surface area contributed by atoms with E-state index in [9.17, 15) is 14.4 Å². The third-order valence-corrected chi connectivity index (χ3v) is 8.62. The van der Waals surface area contributed by atoms with Crippen molar-refractivity contribution in [2.45, 2.75) is 58.3 Å². The Morgan fingerprint density at radius 3 is 2.45 bits per heavy atom. The van der Waals surface area contributed by atoms with Gasteiger partial charge in [-0.25, -0.2) is 9.78 Å². The van der Waals surface area contributed by atoms with Crippen LogP contribution in [0, 0.1) is 0 Å². The minimum atomic E-state index is -1.44. The molecule has 1 aromatic carbocycles. The second kappa shape index (κ2) is 13.6. The summed E-state index contributed by atoms with van der Waals surface area (Å²) in [5.74, 6) is -1.40. The summed E-state index contributed by atoms with van der Waals surface area (Å²) in [6.07, 6.45) is 6.63. The van der Waals surface area contributed by atoms with E-state index in [2.05, 4.69) is 21.8 Å². The number of nitrogens with zero attached hydrogens (tertiary/aromatic N) is 5. The summed E-state index contributed by atoms with van der Waals surface area (Å²) >= 11 is 6.67. The van der Waals surface area contributed by atoms with Gasteiger partial charge in [-0.2, -0.15) is 0 Å². The van der Waals surface area contributed by atoms with Crippen LogP contribution in [-0.2, 0) is 26.1 Å². The van der Waals surface area contributed by atoms with Gasteiger partial charge in [-0.3, -0.25) is 14.6 Å². The molecule has 11 nitrogen and oxygen atoms in total. The van der Waals surface area contributed by atoms with Crippen molar-refractivity contribution in [1.82, 2.24) is 29.7 Å². The molecule has 1 saturated heterocycles. The number of fused-ring (bicyclic) bond motifs is 2. The molecule has 2 atom stereocenters. The van der Waals surface area contributed by atoms with Crippen molar-refractivity contribution < 1.29 is 23.9 Å². The number of imidazole rings is 1. The summed E-state index contributed by atoms with van der Waals surface area (Å²) < 4.78 is 12.6. The van der Waals surface area contributed by atoms with Crippen molar-refractivity contribution in [3.8, 4) is 0 Å². The lowest BCUT2D eigenvalue weighted by atomic mass is 9.85. The van der Waals surface area contributed by atoms with Gasteiger partial charge < -0.3 is 29.2 Å². The number of halogens is 1. The van der Waals surface area contributed by atoms with Gasteiger partial charge in [-0.1, -0.05) is 30.3 Å². The van der Waals surface area contributed by atoms with Crippen LogP contribution in [0.2, 0.25) is 5.02 Å². The number of allylic oxidation sites excluding steroid dienone is 1. The summed E-state index contributed by atoms with van der Waals surface area (Å²) in [7, 11) is 1.85. The van der Waals surface area contributed by atoms with Crippen LogP contribution in [0.15, 0.2) is 61.3 Å². The molecule has 3 aromatic rings. The molecule has 0 unspecified atom stereocenters. The Labute approximate surface area is 280 Å². The highest BCUT2D eigenvalue weighted by molar-refractivity contribution is 6.30. The fourth-order valence-corrected chi connectivity index (χ4v) is 6.27. The average Bonchev–Trinajstić information content (AvgIpc) is 3.38. The molecule has 2 aromatic heterocycles. The Balaban J connectivity index is 1.59. The lowest BCUT2D eigenvalue weighted by molar-refractivity contribution is -0.163. The van der Waals surface area contributed by atoms with Crippen molar-refractivity contribution in [2.75, 3.05) is 26.2 Å². The molecular formula is C35H41ClN6O5. The summed E-state index contributed by atoms with van der Waals surface area (Å²) in [5.41, 5.74) is 4.21. The van der Waals surface area contributed by atoms with Crippen molar-refractivity contribution in [3.63, 3.8) is 0 Å². The number of benzene rings is 1. The Morgan fingerprint density at radius 2 is 1.81 bits per heavy atom. The van der Waals surface area contributed by atoms with E-state index in [0.29, 0.717) is 36.9 Å². The highest BCUT2D eigenvalue weighted by Gasteiger charge is 2.38. The number of hydrogen-bond acceptors (Lipinski definition) is 8. The van der Waals surface area contributed by atoms with E-state index in [1.165, 1.54) is 6.92 Å². The van der Waals surface area contributed by atoms with Gasteiger partial charge in [0, 0.05) is 57.1 Å². The van der Waals surface area contributed by atoms with Gasteiger partial charge in [-0.05, 0) is 74.2 Å². The highest BCUT2D eigenvalue weighted by Crippen LogP contribution is 2.45. The van der Waals surface area contributed by atoms with Crippen LogP contribution in [0.4, 0.5) is 4.79 Å². The molecule has 3 heterocycles. The summed E-state index contributed by atoms with van der Waals surface area (Å²) in [6.45, 7) is 14.8. The molecule has 0 radical (unpaired) electrons. The van der Waals surface area contributed by atoms with Crippen LogP contribution in [-0.4, -0.2) is 80.2 Å². The van der Waals surface area contributed by atoms with Crippen LogP contribution in [0.1, 0.15) is 74.7 Å². The summed E-state index contributed by atoms with van der Waals surface area (Å²) in [4.78, 5) is 51.3. The van der Waals surface area contributed by atoms with E-state index >= 15 is 0 Å². The molecule has 1 N–H and O–H groups in total. The first kappa shape index (κ1) is 33.7. The number of hydrogen-bond donors (Lipinski definition) is 1. The predicted octanol–water partition coefficient (Wildman–Crippen LogP) is 5.33. The first-order chi connectivity index (χ1) is 22.3. The van der Waals surface area contributed by atoms with Crippen molar-refractivity contribution >= 4 is 41.2 Å². The van der Waals surface area contributed by atoms with Gasteiger partial charge >= 0.3 is 12.1 Å². The molecule has 1 aliphatic carbocycles. The number of rotatable bonds is 8. The maximum atomic E-state index is 13.7. The number of carbonyl (C=O) groups excluding carboxylic acids is 3. The van der Waals surface area contributed by atoms with Crippen LogP contribution >= 0.6 is 11.6 Å². The van der Waals surface area contributed by atoms with E-state index in [1.807, 2.05) is 61.9 Å². The van der Waals surface area contributed by atoms with Crippen LogP contribution < -0.4 is 5.32 Å². The zero-order chi connectivity index (χ0) is 34.0. The van der Waals surface area contributed by atoms with E-state index in [4.69, 9.17) is 26.1 Å². The molecule has 0 bridgehead atoms. The number of ether oxygens (including phenoxy) is 2. The predicted molar refractivity (Wildman–Crippen MR) is 179 cm³/mol. The van der Waals surface area contributed by atoms with Crippen molar-refractivity contribution in [1.29, 1.82) is 0 Å². The quantitative estimate of drug-likeness (QED) is 0.322. The van der Waals surface area contributed by atoms with E-state index in [0.717, 1.165) is 33.7 Å². The fourth-order valence-electron chi connectivity index (χ4n) is 6.09. The van der Waals surface area contributed by atoms with E-state index < -0.39 is 23.5 Å². The molecule has 248 valence electrons. The maximum absolute atomic E-state index is 13.7. The zero-order valence-electron chi connectivity index (χ0n) is 27.6. The lowest BCUT2D eigenvalue weighted by Gasteiger charge is -2.39. The zero-order valence-corrected chi connectivity index (χ0v) is 28.4. The molecular weight excluding hydrogens is 620 g/mol. The number of pyridine rings is 1. The molecule has 2 aliphatic rings. The second-order valence-corrected chi connectivity index (χ2v) is 13.0. The van der Waals surface area contributed by atoms with Gasteiger partial charge in [-0.15, -0.1) is 0 Å². The van der Waals surface area contributed by atoms with Gasteiger partial charge in [0.2, 0.25) is 0 Å². The fraction of sp³-hybridized carbons (Fsp3) is 0.400. The van der Waals surface area contributed by atoms with Crippen LogP contribution in [0.3, 0.4) is 0 Å². The number of carbonyl (C=O) groups is 3. The van der Waals surface area contributed by atoms with Crippen LogP contribution in [0.5, 0.6) is 0 Å². The number of amides is 2. The van der Waals surface area contributed by atoms with Gasteiger partial charge in [0.25, 0.3) is 5.91 Å². The third-order valence-electron chi connectivity index (χ3n) is 8.39. The molecule has 1 fully saturated rings. The first-order valence-electron chi connectivity index (χ1n) is 15.6. The monoisotopic (exact) mass is 660 g/mol. The van der Waals surface area contributed by atoms with Crippen LogP contribution in [0.25, 0.3) is 11.6 Å². The SMILES string of the molecule is C=C([C@H]1c2ccc(Cl)cc2C([C@@H](NC(=O)C(C)(C)OC(C)=O)c2cncn2C)=Cc2cccnc21)N1CCN(C(=O)OC(C)C)CC1. The molecule has 0 spiro atoms. The number of aryl methyl sites for hydroxylation is 1. The Morgan fingerprint density at radius 1 is 1.11 bits per heavy atom. The van der Waals surface area contributed by atoms with E-state index in [-0.39, 0.29) is 18.1 Å². The second-order valence-electron chi connectivity index (χ2n) is 12.6. The largest absolute Gasteiger partial charge is 0.450 e. The van der Waals surface area contributed by atoms with Gasteiger partial charge in [0.1, 0.15) is 0 Å². The smallest absolute Gasteiger partial charge is 0.410 e. The van der Waals surface area contributed by atoms with Crippen molar-refractivity contribution in [2.24, 2.45) is 7.05 Å². The number of piperazine rings is 1. The summed E-state index contributed by atoms with van der Waals surface area (Å²) in [6, 6.07) is 8.86. The topological polar surface area (TPSA) is 119 Å².